The summed E-state index contributed by atoms with van der Waals surface area (Å²) in [6.07, 6.45) is 0. The van der Waals surface area contributed by atoms with Gasteiger partial charge in [-0.2, -0.15) is 11.3 Å². The van der Waals surface area contributed by atoms with E-state index in [1.165, 1.54) is 17.4 Å². The quantitative estimate of drug-likeness (QED) is 0.745. The Bertz CT molecular complexity index is 581. The van der Waals surface area contributed by atoms with Crippen LogP contribution in [-0.2, 0) is 4.79 Å². The van der Waals surface area contributed by atoms with Gasteiger partial charge in [-0.25, -0.2) is 0 Å². The number of para-hydroxylation sites is 2. The summed E-state index contributed by atoms with van der Waals surface area (Å²) in [7, 11) is 0. The zero-order valence-electron chi connectivity index (χ0n) is 9.92. The Morgan fingerprint density at radius 3 is 2.68 bits per heavy atom. The second-order valence-corrected chi connectivity index (χ2v) is 4.54. The number of benzene rings is 1. The molecule has 1 aromatic carbocycles. The molecule has 19 heavy (non-hydrogen) atoms. The molecule has 0 radical (unpaired) electrons. The van der Waals surface area contributed by atoms with Crippen LogP contribution in [0, 0.1) is 0 Å². The molecule has 6 heteroatoms. The summed E-state index contributed by atoms with van der Waals surface area (Å²) in [6, 6.07) is 8.08. The minimum absolute atomic E-state index is 0.0139. The number of hydrogen-bond donors (Lipinski definition) is 3. The summed E-state index contributed by atoms with van der Waals surface area (Å²) < 4.78 is 0. The highest BCUT2D eigenvalue weighted by molar-refractivity contribution is 7.08. The topological polar surface area (TPSA) is 78.4 Å². The molecule has 1 aromatic heterocycles. The fourth-order valence-electron chi connectivity index (χ4n) is 1.43. The molecule has 0 aliphatic heterocycles. The summed E-state index contributed by atoms with van der Waals surface area (Å²) in [4.78, 5) is 23.2. The van der Waals surface area contributed by atoms with Gasteiger partial charge in [0, 0.05) is 10.9 Å². The van der Waals surface area contributed by atoms with Crippen LogP contribution >= 0.6 is 11.3 Å². The largest absolute Gasteiger partial charge is 0.506 e. The van der Waals surface area contributed by atoms with Crippen LogP contribution in [0.3, 0.4) is 0 Å². The van der Waals surface area contributed by atoms with E-state index in [0.29, 0.717) is 11.3 Å². The second-order valence-electron chi connectivity index (χ2n) is 3.76. The second kappa shape index (κ2) is 6.01. The van der Waals surface area contributed by atoms with E-state index in [1.54, 1.807) is 35.0 Å². The van der Waals surface area contributed by atoms with Crippen molar-refractivity contribution in [3.8, 4) is 5.75 Å². The highest BCUT2D eigenvalue weighted by atomic mass is 32.1. The fourth-order valence-corrected chi connectivity index (χ4v) is 2.07. The zero-order chi connectivity index (χ0) is 13.7. The third-order valence-electron chi connectivity index (χ3n) is 2.37. The first kappa shape index (κ1) is 13.1. The molecule has 3 N–H and O–H groups in total. The van der Waals surface area contributed by atoms with Crippen molar-refractivity contribution < 1.29 is 14.7 Å². The maximum absolute atomic E-state index is 11.6. The Morgan fingerprint density at radius 2 is 2.00 bits per heavy atom. The van der Waals surface area contributed by atoms with Crippen molar-refractivity contribution in [2.75, 3.05) is 11.9 Å². The van der Waals surface area contributed by atoms with Crippen LogP contribution in [0.4, 0.5) is 5.69 Å². The smallest absolute Gasteiger partial charge is 0.252 e. The SMILES string of the molecule is O=C(CNC(=O)c1ccsc1)Nc1ccccc1O. The third kappa shape index (κ3) is 3.56. The Labute approximate surface area is 113 Å². The Hall–Kier alpha value is -2.34. The lowest BCUT2D eigenvalue weighted by atomic mass is 10.3. The average Bonchev–Trinajstić information content (AvgIpc) is 2.93. The van der Waals surface area contributed by atoms with Crippen molar-refractivity contribution >= 4 is 28.8 Å². The first-order valence-corrected chi connectivity index (χ1v) is 6.49. The van der Waals surface area contributed by atoms with Crippen molar-refractivity contribution in [2.24, 2.45) is 0 Å². The third-order valence-corrected chi connectivity index (χ3v) is 3.05. The number of hydrogen-bond acceptors (Lipinski definition) is 4. The summed E-state index contributed by atoms with van der Waals surface area (Å²) in [5.74, 6) is -0.709. The Balaban J connectivity index is 1.86. The van der Waals surface area contributed by atoms with E-state index in [-0.39, 0.29) is 18.2 Å². The van der Waals surface area contributed by atoms with Gasteiger partial charge in [-0.1, -0.05) is 12.1 Å². The van der Waals surface area contributed by atoms with Crippen molar-refractivity contribution in [2.45, 2.75) is 0 Å². The number of carbonyl (C=O) groups excluding carboxylic acids is 2. The maximum atomic E-state index is 11.6. The lowest BCUT2D eigenvalue weighted by Gasteiger charge is -2.07. The highest BCUT2D eigenvalue weighted by Gasteiger charge is 2.09. The molecule has 0 bridgehead atoms. The molecular weight excluding hydrogens is 264 g/mol. The lowest BCUT2D eigenvalue weighted by Crippen LogP contribution is -2.32. The molecule has 0 unspecified atom stereocenters. The fraction of sp³-hybridized carbons (Fsp3) is 0.0769. The Kier molecular flexibility index (Phi) is 4.15. The molecule has 0 aliphatic rings. The molecule has 2 rings (SSSR count). The van der Waals surface area contributed by atoms with Gasteiger partial charge in [-0.15, -0.1) is 0 Å². The standard InChI is InChI=1S/C13H12N2O3S/c16-11-4-2-1-3-10(11)15-12(17)7-14-13(18)9-5-6-19-8-9/h1-6,8,16H,7H2,(H,14,18)(H,15,17). The number of thiophene rings is 1. The molecule has 0 fully saturated rings. The highest BCUT2D eigenvalue weighted by Crippen LogP contribution is 2.20. The number of rotatable bonds is 4. The van der Waals surface area contributed by atoms with Gasteiger partial charge in [-0.05, 0) is 23.6 Å². The number of phenols is 1. The predicted octanol–water partition coefficient (Wildman–Crippen LogP) is 1.82. The van der Waals surface area contributed by atoms with Crippen LogP contribution in [0.2, 0.25) is 0 Å². The van der Waals surface area contributed by atoms with Crippen LogP contribution in [0.5, 0.6) is 5.75 Å². The van der Waals surface area contributed by atoms with Gasteiger partial charge >= 0.3 is 0 Å². The summed E-state index contributed by atoms with van der Waals surface area (Å²) in [6.45, 7) is -0.150. The van der Waals surface area contributed by atoms with Crippen molar-refractivity contribution in [1.82, 2.24) is 5.32 Å². The van der Waals surface area contributed by atoms with Gasteiger partial charge in [0.15, 0.2) is 0 Å². The number of aromatic hydroxyl groups is 1. The molecule has 0 saturated heterocycles. The van der Waals surface area contributed by atoms with Crippen LogP contribution in [-0.4, -0.2) is 23.5 Å². The molecule has 0 aliphatic carbocycles. The van der Waals surface area contributed by atoms with E-state index in [9.17, 15) is 14.7 Å². The van der Waals surface area contributed by atoms with Gasteiger partial charge in [0.25, 0.3) is 5.91 Å². The molecule has 2 amide bonds. The van der Waals surface area contributed by atoms with Gasteiger partial charge in [0.1, 0.15) is 5.75 Å². The molecule has 0 atom stereocenters. The van der Waals surface area contributed by atoms with E-state index < -0.39 is 5.91 Å². The van der Waals surface area contributed by atoms with Crippen molar-refractivity contribution in [3.05, 3.63) is 46.7 Å². The summed E-state index contributed by atoms with van der Waals surface area (Å²) in [5.41, 5.74) is 0.845. The molecular formula is C13H12N2O3S. The van der Waals surface area contributed by atoms with E-state index in [0.717, 1.165) is 0 Å². The van der Waals surface area contributed by atoms with Crippen LogP contribution in [0.15, 0.2) is 41.1 Å². The molecule has 1 heterocycles. The minimum atomic E-state index is -0.398. The molecule has 98 valence electrons. The molecule has 0 spiro atoms. The minimum Gasteiger partial charge on any atom is -0.506 e. The van der Waals surface area contributed by atoms with Crippen LogP contribution in [0.1, 0.15) is 10.4 Å². The van der Waals surface area contributed by atoms with Crippen LogP contribution < -0.4 is 10.6 Å². The Morgan fingerprint density at radius 1 is 1.21 bits per heavy atom. The van der Waals surface area contributed by atoms with E-state index in [4.69, 9.17) is 0 Å². The average molecular weight is 276 g/mol. The molecule has 0 saturated carbocycles. The van der Waals surface area contributed by atoms with E-state index in [2.05, 4.69) is 10.6 Å². The zero-order valence-corrected chi connectivity index (χ0v) is 10.7. The lowest BCUT2D eigenvalue weighted by molar-refractivity contribution is -0.115. The number of amides is 2. The number of phenolic OH excluding ortho intramolecular Hbond substituents is 1. The monoisotopic (exact) mass is 276 g/mol. The first-order valence-electron chi connectivity index (χ1n) is 5.55. The van der Waals surface area contributed by atoms with Gasteiger partial charge < -0.3 is 15.7 Å². The first-order chi connectivity index (χ1) is 9.16. The van der Waals surface area contributed by atoms with Gasteiger partial charge in [-0.3, -0.25) is 9.59 Å². The normalized spacial score (nSPS) is 9.89. The molecule has 5 nitrogen and oxygen atoms in total. The van der Waals surface area contributed by atoms with Crippen LogP contribution in [0.25, 0.3) is 0 Å². The summed E-state index contributed by atoms with van der Waals surface area (Å²) in [5, 5.41) is 18.0. The van der Waals surface area contributed by atoms with E-state index in [1.807, 2.05) is 0 Å². The molecule has 2 aromatic rings. The van der Waals surface area contributed by atoms with Crippen molar-refractivity contribution in [3.63, 3.8) is 0 Å². The van der Waals surface area contributed by atoms with E-state index >= 15 is 0 Å². The number of nitrogens with one attached hydrogen (secondary N) is 2. The van der Waals surface area contributed by atoms with Gasteiger partial charge in [0.05, 0.1) is 12.2 Å². The van der Waals surface area contributed by atoms with Crippen molar-refractivity contribution in [1.29, 1.82) is 0 Å². The van der Waals surface area contributed by atoms with Gasteiger partial charge in [0.2, 0.25) is 5.91 Å². The number of anilines is 1. The maximum Gasteiger partial charge on any atom is 0.252 e. The predicted molar refractivity (Wildman–Crippen MR) is 73.4 cm³/mol. The number of carbonyl (C=O) groups is 2. The summed E-state index contributed by atoms with van der Waals surface area (Å²) >= 11 is 1.41.